The van der Waals surface area contributed by atoms with Gasteiger partial charge >= 0.3 is 5.97 Å². The van der Waals surface area contributed by atoms with E-state index in [9.17, 15) is 13.2 Å². The highest BCUT2D eigenvalue weighted by Crippen LogP contribution is 2.26. The maximum Gasteiger partial charge on any atom is 0.336 e. The first kappa shape index (κ1) is 15.5. The summed E-state index contributed by atoms with van der Waals surface area (Å²) in [5.74, 6) is -1.20. The Bertz CT molecular complexity index is 852. The Morgan fingerprint density at radius 1 is 1.38 bits per heavy atom. The van der Waals surface area contributed by atoms with E-state index in [1.54, 1.807) is 6.07 Å². The molecule has 0 spiro atoms. The number of carboxylic acid groups (broad SMARTS) is 1. The summed E-state index contributed by atoms with van der Waals surface area (Å²) < 4.78 is 27.2. The Hall–Kier alpha value is -1.89. The van der Waals surface area contributed by atoms with Gasteiger partial charge in [-0.25, -0.2) is 13.2 Å². The van der Waals surface area contributed by atoms with Crippen molar-refractivity contribution in [2.75, 3.05) is 4.72 Å². The van der Waals surface area contributed by atoms with E-state index in [0.717, 1.165) is 17.4 Å². The molecule has 1 aromatic carbocycles. The van der Waals surface area contributed by atoms with E-state index in [2.05, 4.69) is 20.7 Å². The van der Waals surface area contributed by atoms with Crippen LogP contribution in [0.3, 0.4) is 0 Å². The number of hydrogen-bond donors (Lipinski definition) is 2. The number of sulfonamides is 1. The van der Waals surface area contributed by atoms with Crippen molar-refractivity contribution in [3.63, 3.8) is 0 Å². The molecular formula is C12H7BrN2O4S2. The van der Waals surface area contributed by atoms with Gasteiger partial charge in [-0.15, -0.1) is 11.3 Å². The van der Waals surface area contributed by atoms with Crippen LogP contribution >= 0.6 is 27.3 Å². The summed E-state index contributed by atoms with van der Waals surface area (Å²) in [4.78, 5) is 10.8. The monoisotopic (exact) mass is 386 g/mol. The molecule has 6 nitrogen and oxygen atoms in total. The van der Waals surface area contributed by atoms with E-state index in [0.29, 0.717) is 4.47 Å². The number of thiophene rings is 1. The number of carbonyl (C=O) groups is 1. The average molecular weight is 387 g/mol. The van der Waals surface area contributed by atoms with Gasteiger partial charge in [0.1, 0.15) is 10.3 Å². The maximum absolute atomic E-state index is 12.2. The normalized spacial score (nSPS) is 10.9. The lowest BCUT2D eigenvalue weighted by Crippen LogP contribution is -2.12. The van der Waals surface area contributed by atoms with Crippen molar-refractivity contribution in [1.29, 1.82) is 5.26 Å². The Labute approximate surface area is 132 Å². The van der Waals surface area contributed by atoms with Crippen LogP contribution in [0.2, 0.25) is 0 Å². The lowest BCUT2D eigenvalue weighted by molar-refractivity contribution is 0.0697. The fourth-order valence-corrected chi connectivity index (χ4v) is 4.05. The maximum atomic E-state index is 12.2. The quantitative estimate of drug-likeness (QED) is 0.839. The molecule has 108 valence electrons. The second-order valence-corrected chi connectivity index (χ2v) is 7.60. The van der Waals surface area contributed by atoms with Crippen LogP contribution in [0.15, 0.2) is 38.3 Å². The van der Waals surface area contributed by atoms with Crippen molar-refractivity contribution in [3.05, 3.63) is 45.2 Å². The van der Waals surface area contributed by atoms with Crippen LogP contribution in [0.1, 0.15) is 15.9 Å². The molecule has 0 fully saturated rings. The zero-order valence-electron chi connectivity index (χ0n) is 10.2. The summed E-state index contributed by atoms with van der Waals surface area (Å²) >= 11 is 3.99. The van der Waals surface area contributed by atoms with Gasteiger partial charge in [0, 0.05) is 9.85 Å². The van der Waals surface area contributed by atoms with Crippen molar-refractivity contribution in [2.24, 2.45) is 0 Å². The molecule has 2 rings (SSSR count). The summed E-state index contributed by atoms with van der Waals surface area (Å²) in [5.41, 5.74) is 0.184. The number of carboxylic acids is 1. The fourth-order valence-electron chi connectivity index (χ4n) is 1.46. The molecule has 2 N–H and O–H groups in total. The van der Waals surface area contributed by atoms with Crippen LogP contribution < -0.4 is 4.72 Å². The first-order valence-electron chi connectivity index (χ1n) is 5.38. The van der Waals surface area contributed by atoms with Crippen molar-refractivity contribution < 1.29 is 18.3 Å². The molecule has 1 heterocycles. The number of rotatable bonds is 4. The van der Waals surface area contributed by atoms with Gasteiger partial charge in [0.15, 0.2) is 0 Å². The minimum absolute atomic E-state index is 0.102. The summed E-state index contributed by atoms with van der Waals surface area (Å²) in [5, 5.41) is 19.0. The molecule has 21 heavy (non-hydrogen) atoms. The number of aromatic carboxylic acids is 1. The van der Waals surface area contributed by atoms with Crippen LogP contribution in [0.25, 0.3) is 0 Å². The highest BCUT2D eigenvalue weighted by Gasteiger charge is 2.20. The number of benzene rings is 1. The second-order valence-electron chi connectivity index (χ2n) is 3.87. The van der Waals surface area contributed by atoms with Crippen molar-refractivity contribution in [2.45, 2.75) is 4.21 Å². The average Bonchev–Trinajstić information content (AvgIpc) is 2.89. The molecule has 9 heteroatoms. The predicted octanol–water partition coefficient (Wildman–Crippen LogP) is 2.88. The molecule has 0 unspecified atom stereocenters. The van der Waals surface area contributed by atoms with Gasteiger partial charge in [-0.05, 0) is 24.3 Å². The van der Waals surface area contributed by atoms with Gasteiger partial charge in [0.2, 0.25) is 0 Å². The summed E-state index contributed by atoms with van der Waals surface area (Å²) in [6, 6.07) is 7.50. The molecule has 0 aliphatic rings. The first-order valence-corrected chi connectivity index (χ1v) is 8.53. The third-order valence-electron chi connectivity index (χ3n) is 2.43. The SMILES string of the molecule is N#Cc1ccc(Br)cc1NS(=O)(=O)c1cc(C(=O)O)cs1. The van der Waals surface area contributed by atoms with E-state index >= 15 is 0 Å². The number of nitrogens with one attached hydrogen (secondary N) is 1. The Kier molecular flexibility index (Phi) is 4.32. The van der Waals surface area contributed by atoms with E-state index in [4.69, 9.17) is 10.4 Å². The topological polar surface area (TPSA) is 107 Å². The number of hydrogen-bond acceptors (Lipinski definition) is 5. The molecule has 0 aliphatic heterocycles. The molecule has 0 amide bonds. The van der Waals surface area contributed by atoms with Crippen LogP contribution in [0, 0.1) is 11.3 Å². The third-order valence-corrected chi connectivity index (χ3v) is 5.73. The number of halogens is 1. The Balaban J connectivity index is 2.40. The summed E-state index contributed by atoms with van der Waals surface area (Å²) in [7, 11) is -3.94. The van der Waals surface area contributed by atoms with E-state index in [1.165, 1.54) is 17.5 Å². The van der Waals surface area contributed by atoms with E-state index < -0.39 is 16.0 Å². The van der Waals surface area contributed by atoms with Gasteiger partial charge in [-0.1, -0.05) is 15.9 Å². The summed E-state index contributed by atoms with van der Waals surface area (Å²) in [6.07, 6.45) is 0. The molecule has 0 saturated heterocycles. The predicted molar refractivity (Wildman–Crippen MR) is 80.9 cm³/mol. The molecule has 0 atom stereocenters. The van der Waals surface area contributed by atoms with Crippen molar-refractivity contribution >= 4 is 48.9 Å². The van der Waals surface area contributed by atoms with Crippen LogP contribution in [-0.4, -0.2) is 19.5 Å². The lowest BCUT2D eigenvalue weighted by atomic mass is 10.2. The highest BCUT2D eigenvalue weighted by molar-refractivity contribution is 9.10. The van der Waals surface area contributed by atoms with E-state index in [1.807, 2.05) is 6.07 Å². The molecule has 0 bridgehead atoms. The molecule has 1 aromatic heterocycles. The number of nitrogens with zero attached hydrogens (tertiary/aromatic N) is 1. The first-order chi connectivity index (χ1) is 9.83. The van der Waals surface area contributed by atoms with Crippen LogP contribution in [0.4, 0.5) is 5.69 Å². The van der Waals surface area contributed by atoms with Gasteiger partial charge < -0.3 is 5.11 Å². The Morgan fingerprint density at radius 3 is 2.67 bits per heavy atom. The van der Waals surface area contributed by atoms with Gasteiger partial charge in [0.05, 0.1) is 16.8 Å². The van der Waals surface area contributed by atoms with Gasteiger partial charge in [-0.2, -0.15) is 5.26 Å². The lowest BCUT2D eigenvalue weighted by Gasteiger charge is -2.08. The fraction of sp³-hybridized carbons (Fsp3) is 0. The van der Waals surface area contributed by atoms with E-state index in [-0.39, 0.29) is 21.0 Å². The number of nitriles is 1. The minimum atomic E-state index is -3.94. The smallest absolute Gasteiger partial charge is 0.336 e. The van der Waals surface area contributed by atoms with Gasteiger partial charge in [-0.3, -0.25) is 4.72 Å². The summed E-state index contributed by atoms with van der Waals surface area (Å²) in [6.45, 7) is 0. The Morgan fingerprint density at radius 2 is 2.10 bits per heavy atom. The second kappa shape index (κ2) is 5.85. The molecular weight excluding hydrogens is 380 g/mol. The van der Waals surface area contributed by atoms with Crippen LogP contribution in [0.5, 0.6) is 0 Å². The standard InChI is InChI=1S/C12H7BrN2O4S2/c13-9-2-1-7(5-14)10(4-9)15-21(18,19)11-3-8(6-20-11)12(16)17/h1-4,6,15H,(H,16,17). The molecule has 2 aromatic rings. The largest absolute Gasteiger partial charge is 0.478 e. The zero-order chi connectivity index (χ0) is 15.6. The van der Waals surface area contributed by atoms with Crippen molar-refractivity contribution in [3.8, 4) is 6.07 Å². The minimum Gasteiger partial charge on any atom is -0.478 e. The number of anilines is 1. The molecule has 0 aliphatic carbocycles. The van der Waals surface area contributed by atoms with Crippen molar-refractivity contribution in [1.82, 2.24) is 0 Å². The highest BCUT2D eigenvalue weighted by atomic mass is 79.9. The molecule has 0 radical (unpaired) electrons. The van der Waals surface area contributed by atoms with Gasteiger partial charge in [0.25, 0.3) is 10.0 Å². The third kappa shape index (κ3) is 3.41. The molecule has 0 saturated carbocycles. The van der Waals surface area contributed by atoms with Crippen LogP contribution in [-0.2, 0) is 10.0 Å². The zero-order valence-corrected chi connectivity index (χ0v) is 13.4.